The highest BCUT2D eigenvalue weighted by Gasteiger charge is 2.18. The summed E-state index contributed by atoms with van der Waals surface area (Å²) in [6.45, 7) is 4.60. The van der Waals surface area contributed by atoms with Crippen LogP contribution in [0.5, 0.6) is 5.75 Å². The maximum absolute atomic E-state index is 11.9. The maximum Gasteiger partial charge on any atom is 0.223 e. The Bertz CT molecular complexity index is 1180. The molecule has 2 heterocycles. The molecular weight excluding hydrogens is 364 g/mol. The molecule has 0 radical (unpaired) electrons. The van der Waals surface area contributed by atoms with Crippen molar-refractivity contribution >= 4 is 11.8 Å². The minimum absolute atomic E-state index is 0.350. The van der Waals surface area contributed by atoms with Gasteiger partial charge < -0.3 is 19.7 Å². The second kappa shape index (κ2) is 7.26. The zero-order chi connectivity index (χ0) is 20.7. The van der Waals surface area contributed by atoms with E-state index >= 15 is 0 Å². The van der Waals surface area contributed by atoms with Crippen LogP contribution >= 0.6 is 0 Å². The van der Waals surface area contributed by atoms with Crippen LogP contribution in [0.2, 0.25) is 0 Å². The first-order valence-corrected chi connectivity index (χ1v) is 9.62. The Morgan fingerprint density at radius 1 is 1.14 bits per heavy atom. The normalized spacial score (nSPS) is 14.0. The number of hydrogen-bond donors (Lipinski definition) is 2. The van der Waals surface area contributed by atoms with Gasteiger partial charge in [-0.05, 0) is 42.7 Å². The molecule has 1 unspecified atom stereocenters. The number of aliphatic hydroxyl groups excluding tert-OH is 1. The Balaban J connectivity index is 1.90. The monoisotopic (exact) mass is 388 g/mol. The van der Waals surface area contributed by atoms with Gasteiger partial charge in [0.15, 0.2) is 5.75 Å². The third-order valence-electron chi connectivity index (χ3n) is 5.39. The number of hydrogen-bond acceptors (Lipinski definition) is 4. The van der Waals surface area contributed by atoms with Crippen molar-refractivity contribution in [3.8, 4) is 22.6 Å². The highest BCUT2D eigenvalue weighted by molar-refractivity contribution is 5.87. The van der Waals surface area contributed by atoms with Crippen LogP contribution < -0.4 is 10.3 Å². The number of pyridine rings is 1. The van der Waals surface area contributed by atoms with Gasteiger partial charge in [-0.1, -0.05) is 36.4 Å². The number of benzene rings is 2. The minimum Gasteiger partial charge on any atom is -0.503 e. The van der Waals surface area contributed by atoms with E-state index in [2.05, 4.69) is 43.2 Å². The van der Waals surface area contributed by atoms with Crippen LogP contribution in [-0.2, 0) is 0 Å². The van der Waals surface area contributed by atoms with Crippen LogP contribution in [0.3, 0.4) is 0 Å². The molecule has 2 aromatic carbocycles. The van der Waals surface area contributed by atoms with Crippen LogP contribution in [-0.4, -0.2) is 28.4 Å². The summed E-state index contributed by atoms with van der Waals surface area (Å²) >= 11 is 0. The lowest BCUT2D eigenvalue weighted by molar-refractivity contribution is 0.191. The molecule has 5 nitrogen and oxygen atoms in total. The van der Waals surface area contributed by atoms with E-state index in [1.165, 1.54) is 29.1 Å². The fraction of sp³-hybridized carbons (Fsp3) is 0.208. The molecule has 0 bridgehead atoms. The first-order valence-electron chi connectivity index (χ1n) is 9.62. The van der Waals surface area contributed by atoms with Gasteiger partial charge in [0, 0.05) is 36.6 Å². The molecule has 148 valence electrons. The van der Waals surface area contributed by atoms with Gasteiger partial charge in [0.05, 0.1) is 18.0 Å². The molecule has 2 N–H and O–H groups in total. The summed E-state index contributed by atoms with van der Waals surface area (Å²) in [7, 11) is 2.09. The maximum atomic E-state index is 11.9. The molecule has 1 aliphatic heterocycles. The van der Waals surface area contributed by atoms with Gasteiger partial charge in [-0.25, -0.2) is 0 Å². The second-order valence-electron chi connectivity index (χ2n) is 7.52. The molecule has 1 atom stereocenters. The predicted molar refractivity (Wildman–Crippen MR) is 117 cm³/mol. The van der Waals surface area contributed by atoms with Crippen molar-refractivity contribution in [2.75, 3.05) is 18.5 Å². The number of aliphatic hydroxyl groups is 1. The van der Waals surface area contributed by atoms with Crippen molar-refractivity contribution in [1.29, 1.82) is 0 Å². The van der Waals surface area contributed by atoms with E-state index < -0.39 is 11.5 Å². The van der Waals surface area contributed by atoms with Crippen LogP contribution in [0, 0.1) is 6.92 Å². The Labute approximate surface area is 169 Å². The Kier molecular flexibility index (Phi) is 4.76. The minimum atomic E-state index is -0.851. The first kappa shape index (κ1) is 19.0. The van der Waals surface area contributed by atoms with E-state index in [-0.39, 0.29) is 5.75 Å². The molecule has 0 saturated heterocycles. The summed E-state index contributed by atoms with van der Waals surface area (Å²) in [4.78, 5) is 14.1. The van der Waals surface area contributed by atoms with Gasteiger partial charge in [-0.3, -0.25) is 4.79 Å². The molecule has 0 amide bonds. The smallest absolute Gasteiger partial charge is 0.223 e. The summed E-state index contributed by atoms with van der Waals surface area (Å²) in [5, 5.41) is 20.1. The van der Waals surface area contributed by atoms with Crippen molar-refractivity contribution in [3.63, 3.8) is 0 Å². The third kappa shape index (κ3) is 3.34. The van der Waals surface area contributed by atoms with E-state index in [1.807, 2.05) is 24.3 Å². The molecule has 0 aliphatic carbocycles. The molecule has 0 spiro atoms. The zero-order valence-electron chi connectivity index (χ0n) is 16.8. The Morgan fingerprint density at radius 2 is 1.93 bits per heavy atom. The molecule has 0 fully saturated rings. The van der Waals surface area contributed by atoms with Crippen molar-refractivity contribution in [1.82, 2.24) is 4.57 Å². The van der Waals surface area contributed by atoms with Gasteiger partial charge in [0.2, 0.25) is 5.43 Å². The van der Waals surface area contributed by atoms with Gasteiger partial charge in [0.1, 0.15) is 0 Å². The number of nitrogens with zero attached hydrogens (tertiary/aromatic N) is 2. The quantitative estimate of drug-likeness (QED) is 0.711. The summed E-state index contributed by atoms with van der Waals surface area (Å²) in [5.41, 5.74) is 6.44. The highest BCUT2D eigenvalue weighted by atomic mass is 16.3. The molecule has 1 aromatic heterocycles. The molecule has 4 rings (SSSR count). The molecule has 0 saturated carbocycles. The van der Waals surface area contributed by atoms with Crippen molar-refractivity contribution < 1.29 is 10.2 Å². The fourth-order valence-electron chi connectivity index (χ4n) is 3.97. The number of rotatable bonds is 3. The molecule has 3 aromatic rings. The first-order chi connectivity index (χ1) is 13.9. The third-order valence-corrected chi connectivity index (χ3v) is 5.39. The largest absolute Gasteiger partial charge is 0.503 e. The molecule has 5 heteroatoms. The lowest BCUT2D eigenvalue weighted by Gasteiger charge is -2.27. The Hall–Kier alpha value is -3.31. The van der Waals surface area contributed by atoms with E-state index in [4.69, 9.17) is 0 Å². The van der Waals surface area contributed by atoms with Gasteiger partial charge >= 0.3 is 0 Å². The number of anilines is 1. The summed E-state index contributed by atoms with van der Waals surface area (Å²) in [5.74, 6) is -0.350. The van der Waals surface area contributed by atoms with Gasteiger partial charge in [-0.2, -0.15) is 0 Å². The van der Waals surface area contributed by atoms with E-state index in [9.17, 15) is 15.0 Å². The topological polar surface area (TPSA) is 65.7 Å². The predicted octanol–water partition coefficient (Wildman–Crippen LogP) is 4.03. The fourth-order valence-corrected chi connectivity index (χ4v) is 3.97. The van der Waals surface area contributed by atoms with Crippen LogP contribution in [0.25, 0.3) is 22.9 Å². The molecule has 1 aliphatic rings. The average molecular weight is 388 g/mol. The summed E-state index contributed by atoms with van der Waals surface area (Å²) in [6.07, 6.45) is 4.83. The standard InChI is InChI=1S/C24H24N2O3/c1-15-9-10-19(20-8-5-11-25(3)24(15)20)17-6-4-7-18(12-17)26-14-23(29)22(28)13-21(26)16(2)27/h4-10,12-14,16,27,29H,11H2,1-3H3. The van der Waals surface area contributed by atoms with Crippen molar-refractivity contribution in [2.24, 2.45) is 0 Å². The highest BCUT2D eigenvalue weighted by Crippen LogP contribution is 2.37. The number of aromatic hydroxyl groups is 1. The van der Waals surface area contributed by atoms with E-state index in [1.54, 1.807) is 11.5 Å². The number of likely N-dealkylation sites (N-methyl/N-ethyl adjacent to an activating group) is 1. The van der Waals surface area contributed by atoms with Gasteiger partial charge in [0.25, 0.3) is 0 Å². The van der Waals surface area contributed by atoms with E-state index in [0.717, 1.165) is 23.4 Å². The molecular formula is C24H24N2O3. The van der Waals surface area contributed by atoms with Crippen LogP contribution in [0.1, 0.15) is 29.8 Å². The average Bonchev–Trinajstić information content (AvgIpc) is 2.70. The number of aromatic nitrogens is 1. The molecule has 29 heavy (non-hydrogen) atoms. The van der Waals surface area contributed by atoms with Crippen LogP contribution in [0.4, 0.5) is 5.69 Å². The Morgan fingerprint density at radius 3 is 2.69 bits per heavy atom. The zero-order valence-corrected chi connectivity index (χ0v) is 16.8. The van der Waals surface area contributed by atoms with Crippen molar-refractivity contribution in [2.45, 2.75) is 20.0 Å². The van der Waals surface area contributed by atoms with Crippen LogP contribution in [0.15, 0.2) is 59.5 Å². The lowest BCUT2D eigenvalue weighted by Crippen LogP contribution is -2.21. The van der Waals surface area contributed by atoms with Crippen molar-refractivity contribution in [3.05, 3.63) is 81.8 Å². The number of aryl methyl sites for hydroxylation is 1. The lowest BCUT2D eigenvalue weighted by atomic mass is 9.93. The summed E-state index contributed by atoms with van der Waals surface area (Å²) in [6, 6.07) is 13.4. The number of fused-ring (bicyclic) bond motifs is 1. The summed E-state index contributed by atoms with van der Waals surface area (Å²) < 4.78 is 1.66. The SMILES string of the molecule is Cc1ccc(-c2cccc(-n3cc(O)c(=O)cc3C(C)O)c2)c2c1N(C)CC=C2. The van der Waals surface area contributed by atoms with E-state index in [0.29, 0.717) is 5.69 Å². The second-order valence-corrected chi connectivity index (χ2v) is 7.52. The van der Waals surface area contributed by atoms with Gasteiger partial charge in [-0.15, -0.1) is 0 Å².